The highest BCUT2D eigenvalue weighted by Crippen LogP contribution is 2.32. The van der Waals surface area contributed by atoms with E-state index in [9.17, 15) is 22.8 Å². The molecule has 1 amide bonds. The van der Waals surface area contributed by atoms with Crippen LogP contribution in [0.2, 0.25) is 5.02 Å². The quantitative estimate of drug-likeness (QED) is 0.567. The average Bonchev–Trinajstić information content (AvgIpc) is 2.80. The maximum absolute atomic E-state index is 13.5. The number of H-pyrrole nitrogens is 1. The molecular weight excluding hydrogens is 461 g/mol. The molecule has 176 valence electrons. The number of carbonyl (C=O) groups excluding carboxylic acids is 1. The van der Waals surface area contributed by atoms with E-state index in [-0.39, 0.29) is 29.2 Å². The van der Waals surface area contributed by atoms with E-state index < -0.39 is 35.3 Å². The molecule has 1 unspecified atom stereocenters. The van der Waals surface area contributed by atoms with Gasteiger partial charge in [0, 0.05) is 43.4 Å². The summed E-state index contributed by atoms with van der Waals surface area (Å²) in [5.74, 6) is -1.31. The first-order valence-electron chi connectivity index (χ1n) is 9.97. The third-order valence-corrected chi connectivity index (χ3v) is 5.68. The Kier molecular flexibility index (Phi) is 7.42. The van der Waals surface area contributed by atoms with Crippen LogP contribution in [0.25, 0.3) is 0 Å². The molecule has 1 aromatic heterocycles. The molecule has 0 aliphatic carbocycles. The van der Waals surface area contributed by atoms with Gasteiger partial charge < -0.3 is 16.0 Å². The van der Waals surface area contributed by atoms with Crippen molar-refractivity contribution >= 4 is 28.9 Å². The van der Waals surface area contributed by atoms with Crippen LogP contribution in [0.1, 0.15) is 36.9 Å². The SMILES string of the molecule is CNC(=O)C(N)=C1CN(c2cn[nH]c(=O)c2Cl)CCC1=NC(C)c1ccc(F)cc1C(F)F. The summed E-state index contributed by atoms with van der Waals surface area (Å²) >= 11 is 6.12. The van der Waals surface area contributed by atoms with Crippen LogP contribution in [0.5, 0.6) is 0 Å². The maximum Gasteiger partial charge on any atom is 0.285 e. The summed E-state index contributed by atoms with van der Waals surface area (Å²) in [6.45, 7) is 2.04. The van der Waals surface area contributed by atoms with E-state index in [4.69, 9.17) is 17.3 Å². The molecule has 0 saturated carbocycles. The Hall–Kier alpha value is -3.34. The standard InChI is InChI=1S/C21H22ClF3N6O2/c1-10(12-4-3-11(23)7-13(12)19(24)25)29-15-5-6-31(9-14(15)18(26)21(33)27-2)16-8-28-30-20(32)17(16)22/h3-4,7-8,10,19H,5-6,9,26H2,1-2H3,(H,27,33)(H,30,32). The third kappa shape index (κ3) is 5.19. The van der Waals surface area contributed by atoms with E-state index >= 15 is 0 Å². The van der Waals surface area contributed by atoms with Gasteiger partial charge in [-0.15, -0.1) is 0 Å². The van der Waals surface area contributed by atoms with Crippen LogP contribution in [0.4, 0.5) is 18.9 Å². The fourth-order valence-corrected chi connectivity index (χ4v) is 3.84. The number of rotatable bonds is 5. The zero-order valence-electron chi connectivity index (χ0n) is 17.8. The summed E-state index contributed by atoms with van der Waals surface area (Å²) in [4.78, 5) is 30.4. The Balaban J connectivity index is 2.03. The molecule has 4 N–H and O–H groups in total. The Morgan fingerprint density at radius 1 is 1.36 bits per heavy atom. The van der Waals surface area contributed by atoms with Crippen molar-refractivity contribution in [3.8, 4) is 0 Å². The Morgan fingerprint density at radius 3 is 2.76 bits per heavy atom. The molecule has 8 nitrogen and oxygen atoms in total. The number of benzene rings is 1. The minimum absolute atomic E-state index is 0.0653. The summed E-state index contributed by atoms with van der Waals surface area (Å²) in [5.41, 5.74) is 6.30. The van der Waals surface area contributed by atoms with Crippen molar-refractivity contribution in [2.75, 3.05) is 25.0 Å². The Bertz CT molecular complexity index is 1180. The number of nitrogens with one attached hydrogen (secondary N) is 2. The molecule has 3 rings (SSSR count). The van der Waals surface area contributed by atoms with Crippen molar-refractivity contribution in [3.63, 3.8) is 0 Å². The second-order valence-electron chi connectivity index (χ2n) is 7.37. The van der Waals surface area contributed by atoms with E-state index in [2.05, 4.69) is 20.5 Å². The maximum atomic E-state index is 13.5. The van der Waals surface area contributed by atoms with Crippen molar-refractivity contribution in [2.45, 2.75) is 25.8 Å². The molecule has 0 radical (unpaired) electrons. The number of nitrogens with zero attached hydrogens (tertiary/aromatic N) is 3. The fourth-order valence-electron chi connectivity index (χ4n) is 3.63. The molecule has 0 spiro atoms. The zero-order valence-corrected chi connectivity index (χ0v) is 18.6. The first-order chi connectivity index (χ1) is 15.6. The number of aliphatic imine (C=N–C) groups is 1. The van der Waals surface area contributed by atoms with Gasteiger partial charge in [0.2, 0.25) is 0 Å². The first-order valence-corrected chi connectivity index (χ1v) is 10.3. The van der Waals surface area contributed by atoms with E-state index in [1.807, 2.05) is 0 Å². The number of amides is 1. The smallest absolute Gasteiger partial charge is 0.285 e. The second-order valence-corrected chi connectivity index (χ2v) is 7.74. The number of hydrogen-bond donors (Lipinski definition) is 3. The monoisotopic (exact) mass is 482 g/mol. The number of hydrogen-bond acceptors (Lipinski definition) is 6. The molecule has 33 heavy (non-hydrogen) atoms. The van der Waals surface area contributed by atoms with Crippen molar-refractivity contribution < 1.29 is 18.0 Å². The summed E-state index contributed by atoms with van der Waals surface area (Å²) in [6.07, 6.45) is -1.21. The number of halogens is 4. The summed E-state index contributed by atoms with van der Waals surface area (Å²) in [5, 5.41) is 8.37. The molecule has 1 aromatic carbocycles. The van der Waals surface area contributed by atoms with Gasteiger partial charge in [0.25, 0.3) is 17.9 Å². The molecule has 12 heteroatoms. The highest BCUT2D eigenvalue weighted by Gasteiger charge is 2.28. The predicted molar refractivity (Wildman–Crippen MR) is 119 cm³/mol. The van der Waals surface area contributed by atoms with Gasteiger partial charge in [-0.3, -0.25) is 14.6 Å². The minimum atomic E-state index is -2.88. The Labute approximate surface area is 192 Å². The van der Waals surface area contributed by atoms with Crippen LogP contribution in [-0.2, 0) is 4.79 Å². The van der Waals surface area contributed by atoms with Crippen molar-refractivity contribution in [2.24, 2.45) is 10.7 Å². The molecule has 0 bridgehead atoms. The molecular formula is C21H22ClF3N6O2. The van der Waals surface area contributed by atoms with Crippen LogP contribution in [-0.4, -0.2) is 42.0 Å². The number of nitrogens with two attached hydrogens (primary N) is 1. The lowest BCUT2D eigenvalue weighted by Crippen LogP contribution is -2.40. The van der Waals surface area contributed by atoms with Gasteiger partial charge in [-0.1, -0.05) is 17.7 Å². The number of piperidine rings is 1. The summed E-state index contributed by atoms with van der Waals surface area (Å²) in [7, 11) is 1.42. The molecule has 1 saturated heterocycles. The number of aromatic amines is 1. The molecule has 1 aliphatic rings. The fraction of sp³-hybridized carbons (Fsp3) is 0.333. The van der Waals surface area contributed by atoms with Crippen LogP contribution >= 0.6 is 11.6 Å². The normalized spacial score (nSPS) is 17.9. The highest BCUT2D eigenvalue weighted by molar-refractivity contribution is 6.33. The van der Waals surface area contributed by atoms with E-state index in [0.29, 0.717) is 23.5 Å². The average molecular weight is 483 g/mol. The topological polar surface area (TPSA) is 116 Å². The predicted octanol–water partition coefficient (Wildman–Crippen LogP) is 2.87. The molecule has 1 fully saturated rings. The van der Waals surface area contributed by atoms with Crippen molar-refractivity contribution in [1.29, 1.82) is 0 Å². The van der Waals surface area contributed by atoms with Gasteiger partial charge in [0.05, 0.1) is 17.9 Å². The van der Waals surface area contributed by atoms with Crippen LogP contribution in [0.15, 0.2) is 45.5 Å². The van der Waals surface area contributed by atoms with Crippen LogP contribution in [0.3, 0.4) is 0 Å². The minimum Gasteiger partial charge on any atom is -0.394 e. The molecule has 2 aromatic rings. The lowest BCUT2D eigenvalue weighted by atomic mass is 9.97. The van der Waals surface area contributed by atoms with Gasteiger partial charge in [-0.25, -0.2) is 18.3 Å². The van der Waals surface area contributed by atoms with E-state index in [1.165, 1.54) is 19.3 Å². The lowest BCUT2D eigenvalue weighted by Gasteiger charge is -2.33. The zero-order chi connectivity index (χ0) is 24.3. The largest absolute Gasteiger partial charge is 0.394 e. The van der Waals surface area contributed by atoms with Gasteiger partial charge >= 0.3 is 0 Å². The van der Waals surface area contributed by atoms with Gasteiger partial charge in [-0.2, -0.15) is 5.10 Å². The number of anilines is 1. The Morgan fingerprint density at radius 2 is 2.09 bits per heavy atom. The van der Waals surface area contributed by atoms with Gasteiger partial charge in [0.15, 0.2) is 0 Å². The highest BCUT2D eigenvalue weighted by atomic mass is 35.5. The van der Waals surface area contributed by atoms with Crippen molar-refractivity contribution in [3.05, 3.63) is 68.0 Å². The number of carbonyl (C=O) groups is 1. The third-order valence-electron chi connectivity index (χ3n) is 5.31. The molecule has 1 atom stereocenters. The van der Waals surface area contributed by atoms with E-state index in [0.717, 1.165) is 12.1 Å². The molecule has 1 aliphatic heterocycles. The number of aromatic nitrogens is 2. The first kappa shape index (κ1) is 24.3. The second kappa shape index (κ2) is 10.1. The van der Waals surface area contributed by atoms with Crippen LogP contribution < -0.4 is 21.5 Å². The van der Waals surface area contributed by atoms with Gasteiger partial charge in [0.1, 0.15) is 16.5 Å². The lowest BCUT2D eigenvalue weighted by molar-refractivity contribution is -0.117. The van der Waals surface area contributed by atoms with Gasteiger partial charge in [-0.05, 0) is 24.6 Å². The number of alkyl halides is 2. The van der Waals surface area contributed by atoms with Crippen LogP contribution in [0, 0.1) is 5.82 Å². The van der Waals surface area contributed by atoms with E-state index in [1.54, 1.807) is 11.8 Å². The van der Waals surface area contributed by atoms with Crippen molar-refractivity contribution in [1.82, 2.24) is 15.5 Å². The number of likely N-dealkylation sites (N-methyl/N-ethyl adjacent to an activating group) is 1. The summed E-state index contributed by atoms with van der Waals surface area (Å²) in [6, 6.07) is 2.40. The molecule has 2 heterocycles. The summed E-state index contributed by atoms with van der Waals surface area (Å²) < 4.78 is 40.4.